The summed E-state index contributed by atoms with van der Waals surface area (Å²) in [5, 5.41) is 34.7. The van der Waals surface area contributed by atoms with Gasteiger partial charge in [0.1, 0.15) is 23.7 Å². The summed E-state index contributed by atoms with van der Waals surface area (Å²) in [6, 6.07) is 20.7. The van der Waals surface area contributed by atoms with Crippen molar-refractivity contribution in [3.63, 3.8) is 0 Å². The van der Waals surface area contributed by atoms with Crippen LogP contribution < -0.4 is 50.8 Å². The molecule has 434 valence electrons. The Morgan fingerprint density at radius 3 is 1.30 bits per heavy atom. The third kappa shape index (κ3) is 16.0. The van der Waals surface area contributed by atoms with Crippen LogP contribution >= 0.6 is 23.2 Å². The van der Waals surface area contributed by atoms with Crippen molar-refractivity contribution in [3.05, 3.63) is 116 Å². The Morgan fingerprint density at radius 2 is 0.927 bits per heavy atom. The van der Waals surface area contributed by atoms with Gasteiger partial charge >= 0.3 is 12.1 Å². The lowest BCUT2D eigenvalue weighted by atomic mass is 10.0. The lowest BCUT2D eigenvalue weighted by Gasteiger charge is -2.18. The van der Waals surface area contributed by atoms with Crippen molar-refractivity contribution in [1.82, 2.24) is 51.1 Å². The summed E-state index contributed by atoms with van der Waals surface area (Å²) in [6.45, 7) is -0.452. The highest BCUT2D eigenvalue weighted by atomic mass is 35.5. The van der Waals surface area contributed by atoms with Crippen LogP contribution in [0.15, 0.2) is 82.6 Å². The van der Waals surface area contributed by atoms with Gasteiger partial charge in [0.15, 0.2) is 0 Å². The van der Waals surface area contributed by atoms with Gasteiger partial charge < -0.3 is 51.2 Å². The number of nitrogens with zero attached hydrogens (tertiary/aromatic N) is 4. The first kappa shape index (κ1) is 60.4. The van der Waals surface area contributed by atoms with E-state index in [-0.39, 0.29) is 74.4 Å². The second-order valence-electron chi connectivity index (χ2n) is 19.9. The molecule has 0 saturated carbocycles. The number of rotatable bonds is 23. The van der Waals surface area contributed by atoms with Crippen LogP contribution in [-0.2, 0) is 52.1 Å². The van der Waals surface area contributed by atoms with Crippen molar-refractivity contribution in [3.8, 4) is 23.6 Å². The van der Waals surface area contributed by atoms with Crippen molar-refractivity contribution in [2.45, 2.75) is 85.4 Å². The minimum absolute atomic E-state index is 0.0108. The predicted octanol–water partition coefficient (Wildman–Crippen LogP) is 2.94. The van der Waals surface area contributed by atoms with Gasteiger partial charge in [-0.25, -0.2) is 35.9 Å². The molecule has 8 rings (SSSR count). The number of amides is 8. The molecule has 0 aromatic heterocycles. The number of carbonyl (C=O) groups is 6. The third-order valence-electron chi connectivity index (χ3n) is 14.2. The summed E-state index contributed by atoms with van der Waals surface area (Å²) in [6.07, 6.45) is 3.53. The number of carbonyl (C=O) groups excluding carboxylic acids is 6. The molecule has 82 heavy (non-hydrogen) atoms. The lowest BCUT2D eigenvalue weighted by molar-refractivity contribution is -0.132. The molecule has 4 aliphatic rings. The van der Waals surface area contributed by atoms with Crippen LogP contribution in [0.3, 0.4) is 0 Å². The minimum atomic E-state index is -3.95. The maximum absolute atomic E-state index is 13.2. The van der Waals surface area contributed by atoms with Crippen LogP contribution in [0.25, 0.3) is 0 Å². The van der Waals surface area contributed by atoms with Gasteiger partial charge in [0, 0.05) is 61.4 Å². The number of benzene rings is 4. The average molecular weight is 1200 g/mol. The predicted molar refractivity (Wildman–Crippen MR) is 297 cm³/mol. The first-order chi connectivity index (χ1) is 39.3. The Hall–Kier alpha value is -7.72. The van der Waals surface area contributed by atoms with Crippen molar-refractivity contribution in [2.24, 2.45) is 0 Å². The van der Waals surface area contributed by atoms with Crippen LogP contribution in [0.5, 0.6) is 11.5 Å². The molecule has 24 nitrogen and oxygen atoms in total. The molecule has 28 heteroatoms. The molecule has 2 heterocycles. The number of likely N-dealkylation sites (tertiary alicyclic amines) is 2. The number of ether oxygens (including phenoxy) is 2. The van der Waals surface area contributed by atoms with Gasteiger partial charge in [-0.15, -0.1) is 0 Å². The highest BCUT2D eigenvalue weighted by molar-refractivity contribution is 7.89. The SMILES string of the molecule is N#Cc1cc(Cl)cc2c1CC[C@H]2Oc1ccc(S(=O)(=O)N[C@@H]2CCN(C(=O)CNC(=O)CNC(=O)NCCCCNC(=O)NCC(=O)NCC(=O)N3CC[C@@H](NS(=O)(=O)c4ccc(O[C@@H]5CCc6c(C#N)cc(Cl)cc65)cc4)C3)C2)cc1. The highest BCUT2D eigenvalue weighted by Gasteiger charge is 2.33. The fourth-order valence-electron chi connectivity index (χ4n) is 10.0. The number of urea groups is 2. The van der Waals surface area contributed by atoms with Gasteiger partial charge in [0.2, 0.25) is 43.7 Å². The molecule has 4 aromatic rings. The van der Waals surface area contributed by atoms with E-state index >= 15 is 0 Å². The van der Waals surface area contributed by atoms with Gasteiger partial charge in [-0.3, -0.25) is 19.2 Å². The van der Waals surface area contributed by atoms with E-state index in [1.165, 1.54) is 34.1 Å². The number of fused-ring (bicyclic) bond motifs is 2. The molecule has 4 atom stereocenters. The van der Waals surface area contributed by atoms with Crippen LogP contribution in [-0.4, -0.2) is 140 Å². The molecule has 2 aliphatic heterocycles. The molecule has 2 saturated heterocycles. The average Bonchev–Trinajstić information content (AvgIpc) is 4.36. The Bertz CT molecular complexity index is 3180. The maximum atomic E-state index is 13.2. The second-order valence-corrected chi connectivity index (χ2v) is 24.2. The number of nitriles is 2. The van der Waals surface area contributed by atoms with Gasteiger partial charge in [-0.2, -0.15) is 10.5 Å². The van der Waals surface area contributed by atoms with Gasteiger partial charge in [-0.1, -0.05) is 23.2 Å². The normalized spacial score (nSPS) is 18.0. The molecule has 0 radical (unpaired) electrons. The van der Waals surface area contributed by atoms with E-state index in [1.807, 2.05) is 0 Å². The Balaban J connectivity index is 0.621. The largest absolute Gasteiger partial charge is 0.486 e. The summed E-state index contributed by atoms with van der Waals surface area (Å²) in [5.74, 6) is -1.21. The molecule has 8 N–H and O–H groups in total. The quantitative estimate of drug-likeness (QED) is 0.0496. The van der Waals surface area contributed by atoms with E-state index in [0.29, 0.717) is 84.0 Å². The number of nitrogens with one attached hydrogen (secondary N) is 8. The van der Waals surface area contributed by atoms with Gasteiger partial charge in [-0.05, 0) is 146 Å². The highest BCUT2D eigenvalue weighted by Crippen LogP contribution is 2.40. The molecular formula is C54H60Cl2N12O12S2. The maximum Gasteiger partial charge on any atom is 0.315 e. The monoisotopic (exact) mass is 1200 g/mol. The topological polar surface area (TPSA) is 339 Å². The van der Waals surface area contributed by atoms with E-state index in [1.54, 1.807) is 48.5 Å². The number of sulfonamides is 2. The summed E-state index contributed by atoms with van der Waals surface area (Å²) < 4.78 is 70.4. The zero-order chi connectivity index (χ0) is 58.6. The number of unbranched alkanes of at least 4 members (excludes halogenated alkanes) is 1. The number of halogens is 2. The molecule has 0 spiro atoms. The Morgan fingerprint density at radius 1 is 0.537 bits per heavy atom. The van der Waals surface area contributed by atoms with E-state index in [0.717, 1.165) is 22.3 Å². The van der Waals surface area contributed by atoms with Crippen LogP contribution in [0, 0.1) is 22.7 Å². The van der Waals surface area contributed by atoms with Crippen molar-refractivity contribution in [2.75, 3.05) is 65.4 Å². The zero-order valence-corrected chi connectivity index (χ0v) is 47.4. The number of hydrogen-bond acceptors (Lipinski definition) is 14. The van der Waals surface area contributed by atoms with E-state index < -0.39 is 80.9 Å². The second kappa shape index (κ2) is 27.4. The van der Waals surface area contributed by atoms with Crippen molar-refractivity contribution < 1.29 is 55.1 Å². The van der Waals surface area contributed by atoms with E-state index in [9.17, 15) is 56.1 Å². The molecule has 0 unspecified atom stereocenters. The molecule has 2 fully saturated rings. The first-order valence-electron chi connectivity index (χ1n) is 26.4. The van der Waals surface area contributed by atoms with Crippen LogP contribution in [0.4, 0.5) is 9.59 Å². The molecule has 0 bridgehead atoms. The van der Waals surface area contributed by atoms with Crippen molar-refractivity contribution in [1.29, 1.82) is 10.5 Å². The van der Waals surface area contributed by atoms with Gasteiger partial charge in [0.25, 0.3) is 0 Å². The van der Waals surface area contributed by atoms with E-state index in [4.69, 9.17) is 32.7 Å². The third-order valence-corrected chi connectivity index (χ3v) is 17.7. The van der Waals surface area contributed by atoms with Gasteiger partial charge in [0.05, 0.1) is 59.2 Å². The zero-order valence-electron chi connectivity index (χ0n) is 44.2. The first-order valence-corrected chi connectivity index (χ1v) is 30.1. The molecular weight excluding hydrogens is 1140 g/mol. The van der Waals surface area contributed by atoms with Crippen molar-refractivity contribution >= 4 is 78.9 Å². The molecule has 2 aliphatic carbocycles. The lowest BCUT2D eigenvalue weighted by Crippen LogP contribution is -2.46. The van der Waals surface area contributed by atoms with E-state index in [2.05, 4.69) is 53.5 Å². The number of hydrogen-bond donors (Lipinski definition) is 8. The standard InChI is InChI=1S/C54H60Cl2N12O12S2/c55-35-21-33(25-57)43-11-13-47(45(43)23-35)79-39-3-7-41(8-4-39)81(75,76)65-37-15-19-67(31-37)51(71)29-61-49(69)27-63-53(73)59-17-1-2-18-60-54(74)64-28-50(70)62-30-52(72)68-20-16-38(32-68)66-82(77,78)42-9-5-40(6-10-42)80-48-14-12-44-34(26-58)22-36(56)24-46(44)48/h3-10,21-24,37-38,47-48,65-66H,1-2,11-20,27-32H2,(H,61,69)(H,62,70)(H2,59,63,73)(H2,60,64,74)/t37-,38-,47-,48-/m1/s1. The smallest absolute Gasteiger partial charge is 0.315 e. The Labute approximate surface area is 484 Å². The summed E-state index contributed by atoms with van der Waals surface area (Å²) in [5.41, 5.74) is 4.46. The Kier molecular flexibility index (Phi) is 20.1. The fraction of sp³-hybridized carbons (Fsp3) is 0.407. The molecule has 4 aromatic carbocycles. The summed E-state index contributed by atoms with van der Waals surface area (Å²) in [4.78, 5) is 77.8. The fourth-order valence-corrected chi connectivity index (χ4v) is 13.0. The summed E-state index contributed by atoms with van der Waals surface area (Å²) in [7, 11) is -7.91. The summed E-state index contributed by atoms with van der Waals surface area (Å²) >= 11 is 12.4. The molecule has 8 amide bonds. The minimum Gasteiger partial charge on any atom is -0.486 e. The van der Waals surface area contributed by atoms with Crippen LogP contribution in [0.1, 0.15) is 84.1 Å². The van der Waals surface area contributed by atoms with Crippen LogP contribution in [0.2, 0.25) is 10.0 Å².